The summed E-state index contributed by atoms with van der Waals surface area (Å²) < 4.78 is 56.6. The zero-order chi connectivity index (χ0) is 55.0. The summed E-state index contributed by atoms with van der Waals surface area (Å²) in [5.41, 5.74) is 8.77. The Balaban J connectivity index is 0.00000122. The van der Waals surface area contributed by atoms with Crippen LogP contribution in [-0.4, -0.2) is 127 Å². The molecule has 5 aromatic carbocycles. The molecule has 0 heterocycles. The third-order valence-corrected chi connectivity index (χ3v) is 9.45. The van der Waals surface area contributed by atoms with Crippen molar-refractivity contribution in [2.75, 3.05) is 110 Å². The van der Waals surface area contributed by atoms with Crippen molar-refractivity contribution in [2.24, 2.45) is 0 Å². The number of benzene rings is 5. The Morgan fingerprint density at radius 2 is 0.705 bits per heavy atom. The lowest BCUT2D eigenvalue weighted by atomic mass is 10.1. The minimum Gasteiger partial charge on any atom is -0.504 e. The van der Waals surface area contributed by atoms with Gasteiger partial charge in [-0.1, -0.05) is 22.3 Å². The summed E-state index contributed by atoms with van der Waals surface area (Å²) in [5.74, 6) is -0.243. The van der Waals surface area contributed by atoms with E-state index < -0.39 is 11.8 Å². The number of aromatic hydroxyl groups is 4. The largest absolute Gasteiger partial charge is 0.504 e. The molecular weight excluding hydrogens is 1020 g/mol. The number of phenols is 4. The second-order valence-electron chi connectivity index (χ2n) is 15.3. The van der Waals surface area contributed by atoms with E-state index in [0.717, 1.165) is 5.56 Å². The molecule has 24 heteroatoms. The van der Waals surface area contributed by atoms with E-state index in [1.807, 2.05) is 6.07 Å². The molecule has 0 atom stereocenters. The molecule has 0 spiro atoms. The molecule has 5 rings (SSSR count). The maximum atomic E-state index is 12.4. The molecule has 78 heavy (non-hydrogen) atoms. The summed E-state index contributed by atoms with van der Waals surface area (Å²) in [6.45, 7) is 0.969. The van der Waals surface area contributed by atoms with Crippen LogP contribution in [0.2, 0.25) is 0 Å². The van der Waals surface area contributed by atoms with Crippen LogP contribution in [0.4, 0.5) is 28.4 Å². The number of nitrogens with two attached hydrogens (primary N) is 1. The van der Waals surface area contributed by atoms with Gasteiger partial charge in [-0.2, -0.15) is 0 Å². The molecule has 5 aromatic rings. The van der Waals surface area contributed by atoms with Crippen molar-refractivity contribution in [1.29, 1.82) is 0 Å². The first kappa shape index (κ1) is 69.7. The topological polar surface area (TPSA) is 325 Å². The van der Waals surface area contributed by atoms with Crippen LogP contribution in [0.15, 0.2) is 91.0 Å². The van der Waals surface area contributed by atoms with Crippen molar-refractivity contribution in [3.63, 3.8) is 0 Å². The van der Waals surface area contributed by atoms with Crippen molar-refractivity contribution in [1.82, 2.24) is 0 Å². The van der Waals surface area contributed by atoms with Gasteiger partial charge in [0.1, 0.15) is 5.75 Å². The van der Waals surface area contributed by atoms with Gasteiger partial charge >= 0.3 is 0 Å². The molecule has 0 aliphatic heterocycles. The van der Waals surface area contributed by atoms with E-state index in [0.29, 0.717) is 70.2 Å². The molecule has 432 valence electrons. The van der Waals surface area contributed by atoms with Crippen molar-refractivity contribution in [3.05, 3.63) is 96.6 Å². The Kier molecular flexibility index (Phi) is 35.0. The summed E-state index contributed by atoms with van der Waals surface area (Å²) >= 11 is 0. The number of ether oxygens (including phenoxy) is 11. The van der Waals surface area contributed by atoms with Gasteiger partial charge < -0.3 is 99.5 Å². The van der Waals surface area contributed by atoms with E-state index in [1.165, 1.54) is 50.6 Å². The molecule has 0 aliphatic carbocycles. The number of amides is 4. The number of nitrogen functional groups attached to an aromatic ring is 1. The molecule has 0 aliphatic rings. The van der Waals surface area contributed by atoms with Crippen molar-refractivity contribution in [3.8, 4) is 51.7 Å². The Labute approximate surface area is 455 Å². The molecular formula is C54H77N5O19. The van der Waals surface area contributed by atoms with E-state index in [9.17, 15) is 39.6 Å². The lowest BCUT2D eigenvalue weighted by Gasteiger charge is -2.14. The first-order valence-electron chi connectivity index (χ1n) is 22.6. The Morgan fingerprint density at radius 3 is 1.09 bits per heavy atom. The van der Waals surface area contributed by atoms with E-state index in [1.54, 1.807) is 77.0 Å². The summed E-state index contributed by atoms with van der Waals surface area (Å²) in [4.78, 5) is 48.4. The number of rotatable bonds is 28. The van der Waals surface area contributed by atoms with Gasteiger partial charge in [0, 0.05) is 121 Å². The molecule has 24 nitrogen and oxygen atoms in total. The van der Waals surface area contributed by atoms with Crippen LogP contribution in [0.3, 0.4) is 0 Å². The number of hydrogen-bond donors (Lipinski definition) is 9. The lowest BCUT2D eigenvalue weighted by Crippen LogP contribution is -2.17. The second kappa shape index (κ2) is 39.2. The van der Waals surface area contributed by atoms with Crippen LogP contribution in [0.1, 0.15) is 53.5 Å². The molecule has 10 N–H and O–H groups in total. The monoisotopic (exact) mass is 1100 g/mol. The quantitative estimate of drug-likeness (QED) is 0.00986. The average molecular weight is 1100 g/mol. The summed E-state index contributed by atoms with van der Waals surface area (Å²) in [7, 11) is 9.25. The molecule has 0 saturated carbocycles. The highest BCUT2D eigenvalue weighted by atomic mass is 16.7. The first-order valence-corrected chi connectivity index (χ1v) is 22.6. The number of carbonyl (C=O) groups excluding carboxylic acids is 4. The van der Waals surface area contributed by atoms with Crippen LogP contribution in [0, 0.1) is 0 Å². The van der Waals surface area contributed by atoms with Crippen molar-refractivity contribution >= 4 is 52.1 Å². The number of methoxy groups -OCH3 is 6. The van der Waals surface area contributed by atoms with E-state index in [-0.39, 0.29) is 117 Å². The zero-order valence-corrected chi connectivity index (χ0v) is 42.4. The molecule has 0 unspecified atom stereocenters. The van der Waals surface area contributed by atoms with Gasteiger partial charge in [-0.25, -0.2) is 0 Å². The van der Waals surface area contributed by atoms with Gasteiger partial charge in [-0.3, -0.25) is 19.2 Å². The third-order valence-electron chi connectivity index (χ3n) is 9.45. The molecule has 4 amide bonds. The Morgan fingerprint density at radius 1 is 0.385 bits per heavy atom. The van der Waals surface area contributed by atoms with Crippen LogP contribution >= 0.6 is 0 Å². The lowest BCUT2D eigenvalue weighted by molar-refractivity contribution is -0.121. The van der Waals surface area contributed by atoms with Gasteiger partial charge in [-0.05, 0) is 78.7 Å². The Hall–Kier alpha value is -8.26. The summed E-state index contributed by atoms with van der Waals surface area (Å²) in [6.07, 6.45) is 0.402. The summed E-state index contributed by atoms with van der Waals surface area (Å²) in [5, 5.41) is 47.6. The zero-order valence-electron chi connectivity index (χ0n) is 42.4. The third kappa shape index (κ3) is 26.5. The fraction of sp³-hybridized carbons (Fsp3) is 0.370. The minimum atomic E-state index is -0.441. The normalized spacial score (nSPS) is 9.92. The van der Waals surface area contributed by atoms with Gasteiger partial charge in [0.25, 0.3) is 0 Å². The van der Waals surface area contributed by atoms with Crippen LogP contribution in [-0.2, 0) is 54.0 Å². The highest BCUT2D eigenvalue weighted by Gasteiger charge is 2.14. The maximum Gasteiger partial charge on any atom is 0.224 e. The fourth-order valence-electron chi connectivity index (χ4n) is 5.94. The SMILES string of the molecule is C.C.C.COCCc1cc(NC(=O)CCC(=O)Nc2ccc(OCOC)c(OCOC)c2)ccc1OCOC.COCOc1ccc(N)cc1OCOC.O=C(CCC(=O)Nc1ccc(O)c(O)c1)Nc1ccc(O)c(O)c1. The molecule has 0 bridgehead atoms. The molecule has 0 fully saturated rings. The van der Waals surface area contributed by atoms with Crippen LogP contribution < -0.4 is 50.7 Å². The fourth-order valence-corrected chi connectivity index (χ4v) is 5.94. The number of nitrogens with one attached hydrogen (secondary N) is 4. The maximum absolute atomic E-state index is 12.4. The van der Waals surface area contributed by atoms with Crippen LogP contribution in [0.25, 0.3) is 0 Å². The van der Waals surface area contributed by atoms with Crippen molar-refractivity contribution in [2.45, 2.75) is 54.4 Å². The number of phenolic OH excluding ortho intramolecular Hbond substituents is 4. The van der Waals surface area contributed by atoms with E-state index in [2.05, 4.69) is 21.3 Å². The van der Waals surface area contributed by atoms with Gasteiger partial charge in [-0.15, -0.1) is 0 Å². The van der Waals surface area contributed by atoms with E-state index in [4.69, 9.17) is 57.8 Å². The van der Waals surface area contributed by atoms with Gasteiger partial charge in [0.05, 0.1) is 6.61 Å². The highest BCUT2D eigenvalue weighted by Crippen LogP contribution is 2.32. The molecule has 0 aromatic heterocycles. The first-order chi connectivity index (χ1) is 36.1. The number of hydrogen-bond acceptors (Lipinski definition) is 20. The highest BCUT2D eigenvalue weighted by molar-refractivity contribution is 5.98. The van der Waals surface area contributed by atoms with Gasteiger partial charge in [0.2, 0.25) is 23.6 Å². The molecule has 0 saturated heterocycles. The van der Waals surface area contributed by atoms with Gasteiger partial charge in [0.15, 0.2) is 80.0 Å². The predicted molar refractivity (Wildman–Crippen MR) is 295 cm³/mol. The summed E-state index contributed by atoms with van der Waals surface area (Å²) in [6, 6.07) is 23.0. The number of anilines is 5. The standard InChI is InChI=1S/C25H34N2O9.C16H16N2O6.C10H15NO4.3CH4/c1-30-12-11-18-13-19(5-7-21(18)34-15-31-2)26-24(28)9-10-25(29)27-20-6-8-22(35-16-32-3)23(14-20)36-17-33-4;19-11-3-1-9(7-13(11)21)17-15(23)5-6-16(24)18-10-2-4-12(20)14(22)8-10;1-12-6-14-9-4-3-8(11)5-10(9)15-7-13-2;;;/h5-8,13-14H,9-12,15-17H2,1-4H3,(H,26,28)(H,27,29);1-4,7-8,19-22H,5-6H2,(H,17,23)(H,18,24);3-5H,6-7,11H2,1-2H3;3*1H4. The Bertz CT molecular complexity index is 2420. The van der Waals surface area contributed by atoms with E-state index >= 15 is 0 Å². The number of carbonyl (C=O) groups is 4. The molecule has 0 radical (unpaired) electrons. The van der Waals surface area contributed by atoms with Crippen LogP contribution in [0.5, 0.6) is 51.7 Å². The minimum absolute atomic E-state index is 0. The predicted octanol–water partition coefficient (Wildman–Crippen LogP) is 8.19. The smallest absolute Gasteiger partial charge is 0.224 e. The van der Waals surface area contributed by atoms with Crippen molar-refractivity contribution < 1.29 is 91.7 Å². The average Bonchev–Trinajstić information content (AvgIpc) is 3.39. The second-order valence-corrected chi connectivity index (χ2v) is 15.3.